The smallest absolute Gasteiger partial charge is 0.251 e. The number of benzene rings is 1. The van der Waals surface area contributed by atoms with Crippen LogP contribution in [0.1, 0.15) is 19.4 Å². The molecule has 1 aromatic heterocycles. The number of nitrogens with zero attached hydrogens (tertiary/aromatic N) is 2. The standard InChI is InChI=1S/C22H26ClN5O3/c1-13(2)19(27-18(29)12-24-3)22(31)28-17(11-14-7-6-10-25-20(14)28)21(30)26-16-9-5-4-8-15(16)23/h4-10,13,17,19,24H,11-12H2,1-3H3,(H,26,30)(H,27,29). The first-order chi connectivity index (χ1) is 14.8. The van der Waals surface area contributed by atoms with Gasteiger partial charge in [0.05, 0.1) is 17.3 Å². The van der Waals surface area contributed by atoms with Crippen molar-refractivity contribution in [2.75, 3.05) is 23.8 Å². The quantitative estimate of drug-likeness (QED) is 0.607. The summed E-state index contributed by atoms with van der Waals surface area (Å²) in [5.74, 6) is -0.805. The molecule has 2 heterocycles. The van der Waals surface area contributed by atoms with E-state index < -0.39 is 12.1 Å². The number of rotatable bonds is 7. The van der Waals surface area contributed by atoms with Gasteiger partial charge in [-0.1, -0.05) is 43.6 Å². The molecule has 0 spiro atoms. The molecule has 9 heteroatoms. The Labute approximate surface area is 186 Å². The summed E-state index contributed by atoms with van der Waals surface area (Å²) in [4.78, 5) is 44.7. The molecule has 8 nitrogen and oxygen atoms in total. The van der Waals surface area contributed by atoms with Crippen LogP contribution in [0.4, 0.5) is 11.5 Å². The fourth-order valence-corrected chi connectivity index (χ4v) is 3.73. The van der Waals surface area contributed by atoms with E-state index in [1.54, 1.807) is 43.6 Å². The Morgan fingerprint density at radius 3 is 2.61 bits per heavy atom. The summed E-state index contributed by atoms with van der Waals surface area (Å²) in [5.41, 5.74) is 1.26. The molecule has 0 fully saturated rings. The first-order valence-electron chi connectivity index (χ1n) is 10.1. The molecule has 3 rings (SSSR count). The van der Waals surface area contributed by atoms with Crippen LogP contribution in [0.3, 0.4) is 0 Å². The van der Waals surface area contributed by atoms with Gasteiger partial charge < -0.3 is 16.0 Å². The van der Waals surface area contributed by atoms with Gasteiger partial charge in [0, 0.05) is 12.6 Å². The lowest BCUT2D eigenvalue weighted by atomic mass is 10.0. The van der Waals surface area contributed by atoms with E-state index in [9.17, 15) is 14.4 Å². The number of amides is 3. The zero-order valence-corrected chi connectivity index (χ0v) is 18.4. The van der Waals surface area contributed by atoms with Crippen LogP contribution >= 0.6 is 11.6 Å². The summed E-state index contributed by atoms with van der Waals surface area (Å²) in [5, 5.41) is 8.76. The Morgan fingerprint density at radius 2 is 1.94 bits per heavy atom. The Bertz CT molecular complexity index is 981. The van der Waals surface area contributed by atoms with Gasteiger partial charge in [-0.25, -0.2) is 4.98 Å². The molecule has 2 atom stereocenters. The van der Waals surface area contributed by atoms with Crippen molar-refractivity contribution in [2.24, 2.45) is 5.92 Å². The van der Waals surface area contributed by atoms with Gasteiger partial charge in [-0.3, -0.25) is 19.3 Å². The van der Waals surface area contributed by atoms with Crippen LogP contribution in [0, 0.1) is 5.92 Å². The number of fused-ring (bicyclic) bond motifs is 1. The SMILES string of the molecule is CNCC(=O)NC(C(=O)N1c2ncccc2CC1C(=O)Nc1ccccc1Cl)C(C)C. The second-order valence-corrected chi connectivity index (χ2v) is 8.11. The van der Waals surface area contributed by atoms with E-state index in [0.29, 0.717) is 22.9 Å². The highest BCUT2D eigenvalue weighted by atomic mass is 35.5. The van der Waals surface area contributed by atoms with E-state index in [2.05, 4.69) is 20.9 Å². The van der Waals surface area contributed by atoms with Crippen LogP contribution in [0.2, 0.25) is 5.02 Å². The molecule has 2 aromatic rings. The molecule has 0 bridgehead atoms. The van der Waals surface area contributed by atoms with Gasteiger partial charge in [-0.15, -0.1) is 0 Å². The van der Waals surface area contributed by atoms with Crippen molar-refractivity contribution in [2.45, 2.75) is 32.4 Å². The van der Waals surface area contributed by atoms with Crippen molar-refractivity contribution < 1.29 is 14.4 Å². The summed E-state index contributed by atoms with van der Waals surface area (Å²) in [6.07, 6.45) is 1.90. The predicted octanol–water partition coefficient (Wildman–Crippen LogP) is 1.99. The molecular weight excluding hydrogens is 418 g/mol. The maximum Gasteiger partial charge on any atom is 0.251 e. The van der Waals surface area contributed by atoms with Crippen LogP contribution in [-0.2, 0) is 20.8 Å². The minimum atomic E-state index is -0.809. The summed E-state index contributed by atoms with van der Waals surface area (Å²) < 4.78 is 0. The van der Waals surface area contributed by atoms with Crippen molar-refractivity contribution >= 4 is 40.8 Å². The second kappa shape index (κ2) is 9.89. The predicted molar refractivity (Wildman–Crippen MR) is 120 cm³/mol. The molecule has 1 aliphatic heterocycles. The zero-order valence-electron chi connectivity index (χ0n) is 17.7. The number of para-hydroxylation sites is 1. The summed E-state index contributed by atoms with van der Waals surface area (Å²) in [6, 6.07) is 8.91. The van der Waals surface area contributed by atoms with Crippen LogP contribution < -0.4 is 20.9 Å². The number of carbonyl (C=O) groups is 3. The van der Waals surface area contributed by atoms with Crippen molar-refractivity contribution in [3.05, 3.63) is 53.2 Å². The molecule has 0 radical (unpaired) electrons. The third-order valence-corrected chi connectivity index (χ3v) is 5.41. The van der Waals surface area contributed by atoms with Gasteiger partial charge in [0.1, 0.15) is 17.9 Å². The van der Waals surface area contributed by atoms with Crippen molar-refractivity contribution in [3.63, 3.8) is 0 Å². The fraction of sp³-hybridized carbons (Fsp3) is 0.364. The molecule has 31 heavy (non-hydrogen) atoms. The molecule has 0 aliphatic carbocycles. The van der Waals surface area contributed by atoms with E-state index in [1.165, 1.54) is 4.90 Å². The minimum Gasteiger partial charge on any atom is -0.343 e. The number of aromatic nitrogens is 1. The lowest BCUT2D eigenvalue weighted by Gasteiger charge is -2.30. The topological polar surface area (TPSA) is 103 Å². The molecule has 0 saturated carbocycles. The van der Waals surface area contributed by atoms with Crippen molar-refractivity contribution in [3.8, 4) is 0 Å². The monoisotopic (exact) mass is 443 g/mol. The number of halogens is 1. The average molecular weight is 444 g/mol. The van der Waals surface area contributed by atoms with Gasteiger partial charge in [0.25, 0.3) is 5.91 Å². The molecule has 164 valence electrons. The maximum absolute atomic E-state index is 13.6. The fourth-order valence-electron chi connectivity index (χ4n) is 3.55. The summed E-state index contributed by atoms with van der Waals surface area (Å²) in [7, 11) is 1.65. The number of hydrogen-bond donors (Lipinski definition) is 3. The third-order valence-electron chi connectivity index (χ3n) is 5.08. The average Bonchev–Trinajstić information content (AvgIpc) is 3.13. The van der Waals surface area contributed by atoms with E-state index in [0.717, 1.165) is 5.56 Å². The maximum atomic E-state index is 13.6. The van der Waals surface area contributed by atoms with Crippen LogP contribution in [-0.4, -0.2) is 48.4 Å². The van der Waals surface area contributed by atoms with Crippen molar-refractivity contribution in [1.29, 1.82) is 0 Å². The Hall–Kier alpha value is -2.97. The Kier molecular flexibility index (Phi) is 7.25. The van der Waals surface area contributed by atoms with E-state index in [1.807, 2.05) is 19.9 Å². The lowest BCUT2D eigenvalue weighted by molar-refractivity contribution is -0.129. The lowest BCUT2D eigenvalue weighted by Crippen LogP contribution is -2.56. The van der Waals surface area contributed by atoms with Gasteiger partial charge in [-0.2, -0.15) is 0 Å². The highest BCUT2D eigenvalue weighted by molar-refractivity contribution is 6.33. The number of nitrogens with one attached hydrogen (secondary N) is 3. The highest BCUT2D eigenvalue weighted by Crippen LogP contribution is 2.32. The number of anilines is 2. The Morgan fingerprint density at radius 1 is 1.19 bits per heavy atom. The molecule has 3 amide bonds. The van der Waals surface area contributed by atoms with Gasteiger partial charge >= 0.3 is 0 Å². The molecule has 1 aliphatic rings. The van der Waals surface area contributed by atoms with Crippen LogP contribution in [0.15, 0.2) is 42.6 Å². The molecule has 2 unspecified atom stereocenters. The Balaban J connectivity index is 1.91. The molecular formula is C22H26ClN5O3. The van der Waals surface area contributed by atoms with E-state index in [4.69, 9.17) is 11.6 Å². The second-order valence-electron chi connectivity index (χ2n) is 7.70. The molecule has 0 saturated heterocycles. The number of hydrogen-bond acceptors (Lipinski definition) is 5. The first kappa shape index (κ1) is 22.7. The zero-order chi connectivity index (χ0) is 22.5. The largest absolute Gasteiger partial charge is 0.343 e. The normalized spacial score (nSPS) is 16.0. The third kappa shape index (κ3) is 5.03. The summed E-state index contributed by atoms with van der Waals surface area (Å²) >= 11 is 6.18. The summed E-state index contributed by atoms with van der Waals surface area (Å²) in [6.45, 7) is 3.77. The van der Waals surface area contributed by atoms with Crippen molar-refractivity contribution in [1.82, 2.24) is 15.6 Å². The molecule has 1 aromatic carbocycles. The first-order valence-corrected chi connectivity index (χ1v) is 10.5. The van der Waals surface area contributed by atoms with E-state index in [-0.39, 0.29) is 30.2 Å². The van der Waals surface area contributed by atoms with Gasteiger partial charge in [0.15, 0.2) is 0 Å². The molecule has 3 N–H and O–H groups in total. The van der Waals surface area contributed by atoms with Gasteiger partial charge in [0.2, 0.25) is 11.8 Å². The highest BCUT2D eigenvalue weighted by Gasteiger charge is 2.42. The number of likely N-dealkylation sites (N-methyl/N-ethyl adjacent to an activating group) is 1. The minimum absolute atomic E-state index is 0.0851. The van der Waals surface area contributed by atoms with Gasteiger partial charge in [-0.05, 0) is 36.7 Å². The number of pyridine rings is 1. The van der Waals surface area contributed by atoms with E-state index >= 15 is 0 Å². The van der Waals surface area contributed by atoms with Crippen LogP contribution in [0.5, 0.6) is 0 Å². The number of carbonyl (C=O) groups excluding carboxylic acids is 3. The van der Waals surface area contributed by atoms with Crippen LogP contribution in [0.25, 0.3) is 0 Å².